The molecule has 1 amide bonds. The summed E-state index contributed by atoms with van der Waals surface area (Å²) < 4.78 is 26.2. The topological polar surface area (TPSA) is 118 Å². The summed E-state index contributed by atoms with van der Waals surface area (Å²) >= 11 is 1.00. The van der Waals surface area contributed by atoms with Crippen molar-refractivity contribution in [3.63, 3.8) is 0 Å². The van der Waals surface area contributed by atoms with Crippen LogP contribution >= 0.6 is 11.3 Å². The minimum atomic E-state index is -1.08. The van der Waals surface area contributed by atoms with Crippen LogP contribution in [-0.4, -0.2) is 10.9 Å². The van der Waals surface area contributed by atoms with Crippen molar-refractivity contribution in [3.8, 4) is 6.07 Å². The van der Waals surface area contributed by atoms with Crippen LogP contribution in [0.15, 0.2) is 18.2 Å². The van der Waals surface area contributed by atoms with Gasteiger partial charge in [0.05, 0.1) is 11.3 Å². The fourth-order valence-corrected chi connectivity index (χ4v) is 3.48. The number of rotatable bonds is 2. The maximum atomic E-state index is 13.3. The van der Waals surface area contributed by atoms with Crippen LogP contribution in [0.4, 0.5) is 26.0 Å². The highest BCUT2D eigenvalue weighted by molar-refractivity contribution is 7.21. The van der Waals surface area contributed by atoms with Crippen molar-refractivity contribution >= 4 is 44.7 Å². The van der Waals surface area contributed by atoms with Gasteiger partial charge in [0.15, 0.2) is 11.6 Å². The first-order valence-electron chi connectivity index (χ1n) is 6.98. The number of benzene rings is 1. The number of thiophene rings is 1. The lowest BCUT2D eigenvalue weighted by atomic mass is 10.1. The number of halogens is 2. The standard InChI is InChI=1S/C16H11F2N5OS/c1-6-8(5-19)14(21)23-16-11(6)12(20)13(25-16)15(24)22-7-2-3-9(17)10(18)4-7/h2-4H,20H2,1H3,(H2,21,23)(H,22,24). The number of aromatic nitrogens is 1. The second-order valence-electron chi connectivity index (χ2n) is 5.22. The highest BCUT2D eigenvalue weighted by Crippen LogP contribution is 2.37. The van der Waals surface area contributed by atoms with Crippen molar-refractivity contribution in [1.29, 1.82) is 5.26 Å². The fourth-order valence-electron chi connectivity index (χ4n) is 2.43. The molecule has 3 rings (SSSR count). The van der Waals surface area contributed by atoms with E-state index in [0.717, 1.165) is 23.5 Å². The molecule has 1 aromatic carbocycles. The van der Waals surface area contributed by atoms with Crippen LogP contribution in [0, 0.1) is 29.9 Å². The predicted octanol–water partition coefficient (Wildman–Crippen LogP) is 3.17. The Balaban J connectivity index is 2.05. The summed E-state index contributed by atoms with van der Waals surface area (Å²) in [7, 11) is 0. The van der Waals surface area contributed by atoms with Crippen molar-refractivity contribution in [3.05, 3.63) is 45.8 Å². The summed E-state index contributed by atoms with van der Waals surface area (Å²) in [6.07, 6.45) is 0. The SMILES string of the molecule is Cc1c(C#N)c(N)nc2sc(C(=O)Nc3ccc(F)c(F)c3)c(N)c12. The first kappa shape index (κ1) is 16.6. The van der Waals surface area contributed by atoms with Crippen LogP contribution in [0.2, 0.25) is 0 Å². The van der Waals surface area contributed by atoms with Crippen molar-refractivity contribution < 1.29 is 13.6 Å². The van der Waals surface area contributed by atoms with Crippen LogP contribution in [0.5, 0.6) is 0 Å². The van der Waals surface area contributed by atoms with Gasteiger partial charge in [-0.05, 0) is 24.6 Å². The molecule has 0 bridgehead atoms. The molecule has 9 heteroatoms. The third-order valence-corrected chi connectivity index (χ3v) is 4.75. The maximum Gasteiger partial charge on any atom is 0.267 e. The van der Waals surface area contributed by atoms with E-state index >= 15 is 0 Å². The molecule has 0 saturated carbocycles. The second-order valence-corrected chi connectivity index (χ2v) is 6.22. The third-order valence-electron chi connectivity index (χ3n) is 3.65. The van der Waals surface area contributed by atoms with E-state index in [-0.39, 0.29) is 27.6 Å². The molecule has 0 spiro atoms. The summed E-state index contributed by atoms with van der Waals surface area (Å²) in [5, 5.41) is 12.1. The molecule has 6 nitrogen and oxygen atoms in total. The van der Waals surface area contributed by atoms with Gasteiger partial charge >= 0.3 is 0 Å². The summed E-state index contributed by atoms with van der Waals surface area (Å²) in [5.74, 6) is -2.63. The van der Waals surface area contributed by atoms with E-state index in [1.807, 2.05) is 6.07 Å². The molecule has 2 heterocycles. The van der Waals surface area contributed by atoms with E-state index in [1.165, 1.54) is 6.07 Å². The molecule has 126 valence electrons. The number of anilines is 3. The van der Waals surface area contributed by atoms with E-state index in [4.69, 9.17) is 16.7 Å². The number of nitrogen functional groups attached to an aromatic ring is 2. The van der Waals surface area contributed by atoms with Crippen molar-refractivity contribution in [2.45, 2.75) is 6.92 Å². The maximum absolute atomic E-state index is 13.3. The van der Waals surface area contributed by atoms with Gasteiger partial charge in [0.1, 0.15) is 21.6 Å². The summed E-state index contributed by atoms with van der Waals surface area (Å²) in [5.41, 5.74) is 12.8. The number of nitrogens with zero attached hydrogens (tertiary/aromatic N) is 2. The lowest BCUT2D eigenvalue weighted by Gasteiger charge is -2.05. The van der Waals surface area contributed by atoms with Crippen LogP contribution < -0.4 is 16.8 Å². The average molecular weight is 359 g/mol. The molecule has 5 N–H and O–H groups in total. The highest BCUT2D eigenvalue weighted by atomic mass is 32.1. The minimum absolute atomic E-state index is 0.0568. The average Bonchev–Trinajstić information content (AvgIpc) is 2.88. The van der Waals surface area contributed by atoms with E-state index in [2.05, 4.69) is 10.3 Å². The van der Waals surface area contributed by atoms with Crippen LogP contribution in [-0.2, 0) is 0 Å². The number of nitriles is 1. The highest BCUT2D eigenvalue weighted by Gasteiger charge is 2.21. The van der Waals surface area contributed by atoms with Crippen molar-refractivity contribution in [1.82, 2.24) is 4.98 Å². The number of nitrogens with two attached hydrogens (primary N) is 2. The molecule has 0 unspecified atom stereocenters. The number of pyridine rings is 1. The lowest BCUT2D eigenvalue weighted by molar-refractivity contribution is 0.103. The van der Waals surface area contributed by atoms with E-state index in [1.54, 1.807) is 6.92 Å². The van der Waals surface area contributed by atoms with Gasteiger partial charge in [0.2, 0.25) is 0 Å². The van der Waals surface area contributed by atoms with E-state index in [0.29, 0.717) is 15.8 Å². The Bertz CT molecular complexity index is 1070. The zero-order valence-electron chi connectivity index (χ0n) is 12.9. The number of carbonyl (C=O) groups excluding carboxylic acids is 1. The number of aryl methyl sites for hydroxylation is 1. The first-order chi connectivity index (χ1) is 11.8. The Labute approximate surface area is 144 Å². The van der Waals surface area contributed by atoms with Gasteiger partial charge in [-0.2, -0.15) is 5.26 Å². The van der Waals surface area contributed by atoms with Crippen molar-refractivity contribution in [2.24, 2.45) is 0 Å². The second kappa shape index (κ2) is 5.99. The van der Waals surface area contributed by atoms with Gasteiger partial charge in [-0.3, -0.25) is 4.79 Å². The third kappa shape index (κ3) is 2.72. The molecule has 0 aliphatic carbocycles. The molecular formula is C16H11F2N5OS. The fraction of sp³-hybridized carbons (Fsp3) is 0.0625. The van der Waals surface area contributed by atoms with Gasteiger partial charge < -0.3 is 16.8 Å². The molecular weight excluding hydrogens is 348 g/mol. The number of carbonyl (C=O) groups is 1. The Morgan fingerprint density at radius 1 is 1.32 bits per heavy atom. The Kier molecular flexibility index (Phi) is 3.98. The number of nitrogens with one attached hydrogen (secondary N) is 1. The molecule has 25 heavy (non-hydrogen) atoms. The number of fused-ring (bicyclic) bond motifs is 1. The Morgan fingerprint density at radius 2 is 2.04 bits per heavy atom. The van der Waals surface area contributed by atoms with Gasteiger partial charge in [-0.1, -0.05) is 0 Å². The molecule has 0 atom stereocenters. The number of amides is 1. The van der Waals surface area contributed by atoms with Crippen LogP contribution in [0.1, 0.15) is 20.8 Å². The van der Waals surface area contributed by atoms with Crippen LogP contribution in [0.3, 0.4) is 0 Å². The van der Waals surface area contributed by atoms with Gasteiger partial charge in [0, 0.05) is 17.1 Å². The monoisotopic (exact) mass is 359 g/mol. The minimum Gasteiger partial charge on any atom is -0.397 e. The predicted molar refractivity (Wildman–Crippen MR) is 92.2 cm³/mol. The Morgan fingerprint density at radius 3 is 2.68 bits per heavy atom. The lowest BCUT2D eigenvalue weighted by Crippen LogP contribution is -2.12. The van der Waals surface area contributed by atoms with E-state index < -0.39 is 17.5 Å². The van der Waals surface area contributed by atoms with Crippen LogP contribution in [0.25, 0.3) is 10.2 Å². The zero-order valence-corrected chi connectivity index (χ0v) is 13.7. The quantitative estimate of drug-likeness (QED) is 0.649. The van der Waals surface area contributed by atoms with E-state index in [9.17, 15) is 13.6 Å². The number of hydrogen-bond acceptors (Lipinski definition) is 6. The molecule has 0 fully saturated rings. The first-order valence-corrected chi connectivity index (χ1v) is 7.79. The molecule has 0 radical (unpaired) electrons. The normalized spacial score (nSPS) is 10.6. The molecule has 2 aromatic heterocycles. The molecule has 0 saturated heterocycles. The summed E-state index contributed by atoms with van der Waals surface area (Å²) in [6, 6.07) is 4.96. The molecule has 3 aromatic rings. The molecule has 0 aliphatic heterocycles. The van der Waals surface area contributed by atoms with Gasteiger partial charge in [-0.25, -0.2) is 13.8 Å². The van der Waals surface area contributed by atoms with Gasteiger partial charge in [-0.15, -0.1) is 11.3 Å². The van der Waals surface area contributed by atoms with Crippen molar-refractivity contribution in [2.75, 3.05) is 16.8 Å². The summed E-state index contributed by atoms with van der Waals surface area (Å²) in [4.78, 5) is 17.1. The zero-order chi connectivity index (χ0) is 18.3. The smallest absolute Gasteiger partial charge is 0.267 e. The Hall–Kier alpha value is -3.25. The largest absolute Gasteiger partial charge is 0.397 e. The van der Waals surface area contributed by atoms with Gasteiger partial charge in [0.25, 0.3) is 5.91 Å². The molecule has 0 aliphatic rings. The number of hydrogen-bond donors (Lipinski definition) is 3. The summed E-state index contributed by atoms with van der Waals surface area (Å²) in [6.45, 7) is 1.67.